The maximum Gasteiger partial charge on any atom is 0.119 e. The molecule has 0 bridgehead atoms. The van der Waals surface area contributed by atoms with E-state index in [4.69, 9.17) is 15.9 Å². The van der Waals surface area contributed by atoms with Crippen molar-refractivity contribution in [2.45, 2.75) is 0 Å². The SMILES string of the molecule is COc1cccc(-c2c3cc(N)ccc3c3ccc(=N)cc-3n2C)c1. The molecule has 2 aromatic carbocycles. The Morgan fingerprint density at radius 3 is 2.60 bits per heavy atom. The first kappa shape index (κ1) is 15.3. The molecule has 0 atom stereocenters. The van der Waals surface area contributed by atoms with Crippen molar-refractivity contribution < 1.29 is 4.74 Å². The molecule has 0 saturated carbocycles. The first-order chi connectivity index (χ1) is 12.1. The highest BCUT2D eigenvalue weighted by molar-refractivity contribution is 6.05. The van der Waals surface area contributed by atoms with E-state index in [0.29, 0.717) is 5.36 Å². The van der Waals surface area contributed by atoms with Gasteiger partial charge in [-0.1, -0.05) is 24.3 Å². The fourth-order valence-corrected chi connectivity index (χ4v) is 3.45. The molecule has 25 heavy (non-hydrogen) atoms. The van der Waals surface area contributed by atoms with Crippen LogP contribution in [-0.2, 0) is 7.05 Å². The summed E-state index contributed by atoms with van der Waals surface area (Å²) in [7, 11) is 3.70. The van der Waals surface area contributed by atoms with Crippen LogP contribution in [0.4, 0.5) is 5.69 Å². The van der Waals surface area contributed by atoms with Gasteiger partial charge in [-0.2, -0.15) is 0 Å². The Kier molecular flexibility index (Phi) is 3.46. The zero-order valence-electron chi connectivity index (χ0n) is 14.2. The lowest BCUT2D eigenvalue weighted by atomic mass is 9.95. The van der Waals surface area contributed by atoms with E-state index in [1.165, 1.54) is 0 Å². The number of methoxy groups -OCH3 is 1. The van der Waals surface area contributed by atoms with E-state index in [2.05, 4.69) is 16.7 Å². The van der Waals surface area contributed by atoms with Crippen LogP contribution in [0, 0.1) is 5.41 Å². The molecule has 0 fully saturated rings. The molecule has 124 valence electrons. The fraction of sp³-hybridized carbons (Fsp3) is 0.0952. The molecule has 0 unspecified atom stereocenters. The van der Waals surface area contributed by atoms with E-state index in [0.717, 1.165) is 44.7 Å². The van der Waals surface area contributed by atoms with Crippen molar-refractivity contribution in [1.82, 2.24) is 4.57 Å². The van der Waals surface area contributed by atoms with Crippen LogP contribution >= 0.6 is 0 Å². The van der Waals surface area contributed by atoms with Gasteiger partial charge < -0.3 is 20.4 Å². The van der Waals surface area contributed by atoms with Gasteiger partial charge in [0.05, 0.1) is 23.9 Å². The number of hydrogen-bond donors (Lipinski definition) is 2. The summed E-state index contributed by atoms with van der Waals surface area (Å²) in [4.78, 5) is 0. The Hall–Kier alpha value is -3.27. The largest absolute Gasteiger partial charge is 0.497 e. The maximum absolute atomic E-state index is 8.00. The average Bonchev–Trinajstić information content (AvgIpc) is 2.62. The van der Waals surface area contributed by atoms with Gasteiger partial charge in [0.25, 0.3) is 0 Å². The summed E-state index contributed by atoms with van der Waals surface area (Å²) in [5.74, 6) is 0.809. The van der Waals surface area contributed by atoms with E-state index in [9.17, 15) is 0 Å². The van der Waals surface area contributed by atoms with E-state index >= 15 is 0 Å². The summed E-state index contributed by atoms with van der Waals surface area (Å²) < 4.78 is 7.52. The zero-order chi connectivity index (χ0) is 17.6. The van der Waals surface area contributed by atoms with E-state index in [-0.39, 0.29) is 0 Å². The Labute approximate surface area is 146 Å². The number of nitrogens with one attached hydrogen (secondary N) is 1. The lowest BCUT2D eigenvalue weighted by Gasteiger charge is -2.22. The molecule has 3 N–H and O–H groups in total. The number of aromatic nitrogens is 1. The van der Waals surface area contributed by atoms with Crippen LogP contribution in [0.5, 0.6) is 5.75 Å². The van der Waals surface area contributed by atoms with Crippen molar-refractivity contribution in [2.75, 3.05) is 12.8 Å². The summed E-state index contributed by atoms with van der Waals surface area (Å²) in [6, 6.07) is 19.7. The molecule has 0 radical (unpaired) electrons. The molecule has 1 heterocycles. The van der Waals surface area contributed by atoms with Crippen LogP contribution in [-0.4, -0.2) is 11.7 Å². The van der Waals surface area contributed by atoms with Gasteiger partial charge in [-0.05, 0) is 41.8 Å². The van der Waals surface area contributed by atoms with E-state index in [1.54, 1.807) is 7.11 Å². The molecule has 0 amide bonds. The minimum Gasteiger partial charge on any atom is -0.497 e. The average molecular weight is 329 g/mol. The predicted molar refractivity (Wildman–Crippen MR) is 102 cm³/mol. The van der Waals surface area contributed by atoms with Gasteiger partial charge in [0.15, 0.2) is 0 Å². The van der Waals surface area contributed by atoms with E-state index < -0.39 is 0 Å². The van der Waals surface area contributed by atoms with Gasteiger partial charge in [-0.25, -0.2) is 0 Å². The molecule has 1 aliphatic carbocycles. The van der Waals surface area contributed by atoms with Crippen molar-refractivity contribution >= 4 is 16.5 Å². The Morgan fingerprint density at radius 2 is 1.80 bits per heavy atom. The normalized spacial score (nSPS) is 11.1. The highest BCUT2D eigenvalue weighted by Gasteiger charge is 2.17. The minimum atomic E-state index is 0.495. The summed E-state index contributed by atoms with van der Waals surface area (Å²) in [6.07, 6.45) is 0. The molecule has 4 heteroatoms. The fourth-order valence-electron chi connectivity index (χ4n) is 3.45. The Morgan fingerprint density at radius 1 is 0.960 bits per heavy atom. The number of anilines is 1. The molecule has 4 nitrogen and oxygen atoms in total. The second-order valence-corrected chi connectivity index (χ2v) is 6.18. The second-order valence-electron chi connectivity index (χ2n) is 6.18. The molecular weight excluding hydrogens is 310 g/mol. The molecule has 4 rings (SSSR count). The Balaban J connectivity index is 2.21. The van der Waals surface area contributed by atoms with Crippen LogP contribution in [0.25, 0.3) is 33.3 Å². The van der Waals surface area contributed by atoms with Gasteiger partial charge in [0.2, 0.25) is 0 Å². The lowest BCUT2D eigenvalue weighted by molar-refractivity contribution is 0.415. The van der Waals surface area contributed by atoms with Crippen molar-refractivity contribution in [3.05, 3.63) is 66.0 Å². The third-order valence-electron chi connectivity index (χ3n) is 4.63. The van der Waals surface area contributed by atoms with Crippen LogP contribution in [0.1, 0.15) is 0 Å². The maximum atomic E-state index is 8.00. The van der Waals surface area contributed by atoms with Gasteiger partial charge in [-0.3, -0.25) is 0 Å². The number of nitrogen functional groups attached to an aromatic ring is 1. The number of nitrogens with zero attached hydrogens (tertiary/aromatic N) is 1. The number of fused-ring (bicyclic) bond motifs is 3. The molecule has 0 spiro atoms. The van der Waals surface area contributed by atoms with Crippen LogP contribution in [0.3, 0.4) is 0 Å². The lowest BCUT2D eigenvalue weighted by Crippen LogP contribution is -2.09. The number of nitrogens with two attached hydrogens (primary N) is 1. The second kappa shape index (κ2) is 5.67. The summed E-state index contributed by atoms with van der Waals surface area (Å²) in [5, 5.41) is 10.7. The predicted octanol–water partition coefficient (Wildman–Crippen LogP) is 4.02. The number of pyridine rings is 1. The summed E-state index contributed by atoms with van der Waals surface area (Å²) >= 11 is 0. The number of ether oxygens (including phenoxy) is 1. The minimum absolute atomic E-state index is 0.495. The van der Waals surface area contributed by atoms with Crippen molar-refractivity contribution in [1.29, 1.82) is 5.41 Å². The first-order valence-corrected chi connectivity index (χ1v) is 8.09. The molecular formula is C21H19N3O. The molecule has 0 saturated heterocycles. The zero-order valence-corrected chi connectivity index (χ0v) is 14.2. The Bertz CT molecular complexity index is 1130. The van der Waals surface area contributed by atoms with Crippen LogP contribution in [0.15, 0.2) is 60.7 Å². The molecule has 0 aromatic heterocycles. The number of hydrogen-bond acceptors (Lipinski definition) is 3. The monoisotopic (exact) mass is 329 g/mol. The highest BCUT2D eigenvalue weighted by atomic mass is 16.5. The van der Waals surface area contributed by atoms with Gasteiger partial charge in [-0.15, -0.1) is 0 Å². The number of benzene rings is 3. The third kappa shape index (κ3) is 2.43. The highest BCUT2D eigenvalue weighted by Crippen LogP contribution is 2.38. The molecule has 2 aliphatic rings. The standard InChI is InChI=1S/C21H19N3O/c1-24-20-12-15(23)7-9-18(20)17-8-6-14(22)11-19(17)21(24)13-4-3-5-16(10-13)25-2/h3-12,23H,22H2,1-2H3. The van der Waals surface area contributed by atoms with Crippen molar-refractivity contribution in [2.24, 2.45) is 7.05 Å². The summed E-state index contributed by atoms with van der Waals surface area (Å²) in [5.41, 5.74) is 11.0. The quantitative estimate of drug-likeness (QED) is 0.431. The first-order valence-electron chi connectivity index (χ1n) is 8.09. The van der Waals surface area contributed by atoms with Gasteiger partial charge >= 0.3 is 0 Å². The summed E-state index contributed by atoms with van der Waals surface area (Å²) in [6.45, 7) is 0. The van der Waals surface area contributed by atoms with Crippen LogP contribution in [0.2, 0.25) is 0 Å². The number of rotatable bonds is 2. The van der Waals surface area contributed by atoms with Crippen molar-refractivity contribution in [3.8, 4) is 28.3 Å². The molecule has 2 aromatic rings. The molecule has 1 aliphatic heterocycles. The van der Waals surface area contributed by atoms with Crippen molar-refractivity contribution in [3.63, 3.8) is 0 Å². The van der Waals surface area contributed by atoms with Gasteiger partial charge in [0.1, 0.15) is 5.75 Å². The van der Waals surface area contributed by atoms with Crippen LogP contribution < -0.4 is 15.8 Å². The van der Waals surface area contributed by atoms with Gasteiger partial charge in [0, 0.05) is 29.2 Å². The third-order valence-corrected chi connectivity index (χ3v) is 4.63. The smallest absolute Gasteiger partial charge is 0.119 e. The topological polar surface area (TPSA) is 64.0 Å². The van der Waals surface area contributed by atoms with E-state index in [1.807, 2.05) is 55.6 Å².